The highest BCUT2D eigenvalue weighted by Crippen LogP contribution is 2.35. The molecule has 3 aromatic carbocycles. The third kappa shape index (κ3) is 16.4. The van der Waals surface area contributed by atoms with Crippen molar-refractivity contribution in [1.29, 1.82) is 0 Å². The predicted molar refractivity (Wildman–Crippen MR) is 206 cm³/mol. The van der Waals surface area contributed by atoms with E-state index in [0.717, 1.165) is 43.3 Å². The molecule has 4 heteroatoms. The van der Waals surface area contributed by atoms with Crippen LogP contribution >= 0.6 is 7.92 Å². The Balaban J connectivity index is 1.46. The van der Waals surface area contributed by atoms with Gasteiger partial charge in [-0.1, -0.05) is 166 Å². The summed E-state index contributed by atoms with van der Waals surface area (Å²) in [6.07, 6.45) is 26.8. The molecular formula is C43H65O3P. The van der Waals surface area contributed by atoms with Gasteiger partial charge in [-0.3, -0.25) is 0 Å². The number of hydrogen-bond donors (Lipinski definition) is 0. The lowest BCUT2D eigenvalue weighted by Gasteiger charge is -2.21. The number of rotatable bonds is 28. The van der Waals surface area contributed by atoms with E-state index < -0.39 is 7.92 Å². The fourth-order valence-electron chi connectivity index (χ4n) is 6.14. The largest absolute Gasteiger partial charge is 0.497 e. The molecule has 0 aliphatic heterocycles. The molecule has 0 radical (unpaired) electrons. The third-order valence-electron chi connectivity index (χ3n) is 9.03. The van der Waals surface area contributed by atoms with Crippen LogP contribution < -0.4 is 30.1 Å². The Labute approximate surface area is 290 Å². The first-order valence-electron chi connectivity index (χ1n) is 19.1. The number of unbranched alkanes of at least 4 members (excludes halogenated alkanes) is 18. The van der Waals surface area contributed by atoms with Crippen LogP contribution in [0.5, 0.6) is 17.2 Å². The van der Waals surface area contributed by atoms with Gasteiger partial charge in [-0.2, -0.15) is 0 Å². The van der Waals surface area contributed by atoms with E-state index in [2.05, 4.69) is 80.6 Å². The number of benzene rings is 3. The molecule has 0 heterocycles. The highest BCUT2D eigenvalue weighted by Gasteiger charge is 2.18. The van der Waals surface area contributed by atoms with Gasteiger partial charge in [0.05, 0.1) is 20.3 Å². The molecule has 0 aliphatic carbocycles. The molecule has 0 N–H and O–H groups in total. The second-order valence-corrected chi connectivity index (χ2v) is 15.3. The topological polar surface area (TPSA) is 27.7 Å². The summed E-state index contributed by atoms with van der Waals surface area (Å²) in [5, 5.41) is 3.88. The molecule has 0 saturated heterocycles. The first-order valence-corrected chi connectivity index (χ1v) is 20.5. The second kappa shape index (κ2) is 25.5. The summed E-state index contributed by atoms with van der Waals surface area (Å²) in [7, 11) is 0.995. The number of ether oxygens (including phenoxy) is 3. The molecule has 0 bridgehead atoms. The molecule has 0 aromatic heterocycles. The van der Waals surface area contributed by atoms with Gasteiger partial charge >= 0.3 is 0 Å². The van der Waals surface area contributed by atoms with Crippen LogP contribution in [-0.4, -0.2) is 20.3 Å². The Bertz CT molecular complexity index is 1090. The lowest BCUT2D eigenvalue weighted by Crippen LogP contribution is -2.20. The summed E-state index contributed by atoms with van der Waals surface area (Å²) >= 11 is 0. The van der Waals surface area contributed by atoms with E-state index in [-0.39, 0.29) is 0 Å². The Morgan fingerprint density at radius 3 is 1.17 bits per heavy atom. The van der Waals surface area contributed by atoms with Gasteiger partial charge in [0.25, 0.3) is 0 Å². The average molecular weight is 661 g/mol. The van der Waals surface area contributed by atoms with E-state index in [1.165, 1.54) is 131 Å². The lowest BCUT2D eigenvalue weighted by atomic mass is 10.1. The van der Waals surface area contributed by atoms with Crippen LogP contribution in [0.1, 0.15) is 142 Å². The summed E-state index contributed by atoms with van der Waals surface area (Å²) < 4.78 is 17.9. The highest BCUT2D eigenvalue weighted by atomic mass is 31.1. The highest BCUT2D eigenvalue weighted by molar-refractivity contribution is 7.79. The fraction of sp³-hybridized carbons (Fsp3) is 0.581. The van der Waals surface area contributed by atoms with Crippen LogP contribution in [0, 0.1) is 0 Å². The molecule has 0 unspecified atom stereocenters. The first kappa shape index (κ1) is 38.9. The first-order chi connectivity index (χ1) is 23.2. The normalized spacial score (nSPS) is 11.2. The van der Waals surface area contributed by atoms with Crippen molar-refractivity contribution < 1.29 is 14.2 Å². The fourth-order valence-corrected chi connectivity index (χ4v) is 8.42. The summed E-state index contributed by atoms with van der Waals surface area (Å²) in [6, 6.07) is 26.1. The van der Waals surface area contributed by atoms with Gasteiger partial charge in [-0.05, 0) is 73.1 Å². The average Bonchev–Trinajstić information content (AvgIpc) is 3.11. The summed E-state index contributed by atoms with van der Waals surface area (Å²) in [5.41, 5.74) is 0. The Morgan fingerprint density at radius 2 is 0.787 bits per heavy atom. The summed E-state index contributed by atoms with van der Waals surface area (Å²) in [5.74, 6) is 2.81. The van der Waals surface area contributed by atoms with Gasteiger partial charge < -0.3 is 14.2 Å². The Hall–Kier alpha value is -2.51. The summed E-state index contributed by atoms with van der Waals surface area (Å²) in [4.78, 5) is 0. The van der Waals surface area contributed by atoms with Gasteiger partial charge in [-0.25, -0.2) is 0 Å². The minimum atomic E-state index is -0.744. The van der Waals surface area contributed by atoms with Crippen LogP contribution in [0.3, 0.4) is 0 Å². The smallest absolute Gasteiger partial charge is 0.119 e. The zero-order valence-corrected chi connectivity index (χ0v) is 31.1. The predicted octanol–water partition coefficient (Wildman–Crippen LogP) is 12.1. The van der Waals surface area contributed by atoms with Crippen molar-refractivity contribution in [1.82, 2.24) is 0 Å². The number of methoxy groups -OCH3 is 1. The number of hydrogen-bond acceptors (Lipinski definition) is 3. The molecule has 3 rings (SSSR count). The van der Waals surface area contributed by atoms with E-state index in [0.29, 0.717) is 0 Å². The van der Waals surface area contributed by atoms with Gasteiger partial charge in [0.2, 0.25) is 0 Å². The van der Waals surface area contributed by atoms with Crippen molar-refractivity contribution in [3.63, 3.8) is 0 Å². The Morgan fingerprint density at radius 1 is 0.404 bits per heavy atom. The van der Waals surface area contributed by atoms with Gasteiger partial charge in [0.1, 0.15) is 17.2 Å². The van der Waals surface area contributed by atoms with Crippen LogP contribution in [0.15, 0.2) is 72.8 Å². The van der Waals surface area contributed by atoms with Gasteiger partial charge in [0.15, 0.2) is 0 Å². The SMILES string of the molecule is CCCCCCCCCCCCOc1ccc(P(c2ccc(OCCCCCCCCCCCC)cc2)c2cccc(OC)c2)cc1. The molecule has 0 saturated carbocycles. The van der Waals surface area contributed by atoms with Crippen LogP contribution in [0.2, 0.25) is 0 Å². The van der Waals surface area contributed by atoms with Crippen molar-refractivity contribution in [2.24, 2.45) is 0 Å². The minimum absolute atomic E-state index is 0.744. The third-order valence-corrected chi connectivity index (χ3v) is 11.5. The minimum Gasteiger partial charge on any atom is -0.497 e. The maximum absolute atomic E-state index is 6.14. The maximum Gasteiger partial charge on any atom is 0.119 e. The molecule has 0 atom stereocenters. The van der Waals surface area contributed by atoms with Crippen molar-refractivity contribution >= 4 is 23.8 Å². The zero-order chi connectivity index (χ0) is 33.2. The monoisotopic (exact) mass is 660 g/mol. The van der Waals surface area contributed by atoms with Crippen molar-refractivity contribution in [3.8, 4) is 17.2 Å². The molecule has 0 fully saturated rings. The van der Waals surface area contributed by atoms with Gasteiger partial charge in [-0.15, -0.1) is 0 Å². The molecule has 3 aromatic rings. The van der Waals surface area contributed by atoms with Gasteiger partial charge in [0, 0.05) is 0 Å². The van der Waals surface area contributed by atoms with Crippen LogP contribution in [-0.2, 0) is 0 Å². The molecular weight excluding hydrogens is 595 g/mol. The van der Waals surface area contributed by atoms with E-state index in [1.54, 1.807) is 7.11 Å². The van der Waals surface area contributed by atoms with Crippen LogP contribution in [0.25, 0.3) is 0 Å². The summed E-state index contributed by atoms with van der Waals surface area (Å²) in [6.45, 7) is 6.15. The molecule has 47 heavy (non-hydrogen) atoms. The molecule has 260 valence electrons. The molecule has 0 amide bonds. The lowest BCUT2D eigenvalue weighted by molar-refractivity contribution is 0.304. The molecule has 0 spiro atoms. The quantitative estimate of drug-likeness (QED) is 0.0573. The van der Waals surface area contributed by atoms with E-state index in [9.17, 15) is 0 Å². The second-order valence-electron chi connectivity index (χ2n) is 13.1. The standard InChI is InChI=1S/C43H65O3P/c1-4-6-8-10-12-14-16-18-20-22-35-45-38-27-31-41(32-28-38)47(43-26-24-25-40(37-43)44-3)42-33-29-39(30-34-42)46-36-23-21-19-17-15-13-11-9-7-5-2/h24-34,37H,4-23,35-36H2,1-3H3. The molecule has 0 aliphatic rings. The maximum atomic E-state index is 6.14. The van der Waals surface area contributed by atoms with Crippen molar-refractivity contribution in [2.45, 2.75) is 142 Å². The Kier molecular flexibility index (Phi) is 21.1. The van der Waals surface area contributed by atoms with Crippen LogP contribution in [0.4, 0.5) is 0 Å². The van der Waals surface area contributed by atoms with E-state index >= 15 is 0 Å². The van der Waals surface area contributed by atoms with E-state index in [1.807, 2.05) is 6.07 Å². The van der Waals surface area contributed by atoms with Crippen molar-refractivity contribution in [2.75, 3.05) is 20.3 Å². The van der Waals surface area contributed by atoms with E-state index in [4.69, 9.17) is 14.2 Å². The zero-order valence-electron chi connectivity index (χ0n) is 30.2. The molecule has 3 nitrogen and oxygen atoms in total. The van der Waals surface area contributed by atoms with Crippen molar-refractivity contribution in [3.05, 3.63) is 72.8 Å².